The first-order chi connectivity index (χ1) is 4.87. The lowest BCUT2D eigenvalue weighted by Crippen LogP contribution is -2.13. The fourth-order valence-corrected chi connectivity index (χ4v) is 1.50. The molecule has 0 bridgehead atoms. The van der Waals surface area contributed by atoms with Crippen molar-refractivity contribution in [2.24, 2.45) is 0 Å². The van der Waals surface area contributed by atoms with E-state index in [1.165, 1.54) is 0 Å². The molecular weight excluding hydrogens is 126 g/mol. The Bertz CT molecular complexity index is 216. The molecule has 52 valence electrons. The predicted octanol–water partition coefficient (Wildman–Crippen LogP) is 1.39. The third-order valence-electron chi connectivity index (χ3n) is 2.18. The average Bonchev–Trinajstić information content (AvgIpc) is 2.65. The summed E-state index contributed by atoms with van der Waals surface area (Å²) in [4.78, 5) is 0. The third-order valence-corrected chi connectivity index (χ3v) is 2.18. The zero-order valence-corrected chi connectivity index (χ0v) is 5.71. The standard InChI is InChI=1S/C8H9NO/c9-6-7-8(10-7)4-2-1-3-5-8/h2,4,7H,1,3,5H2. The van der Waals surface area contributed by atoms with Gasteiger partial charge in [0.25, 0.3) is 0 Å². The summed E-state index contributed by atoms with van der Waals surface area (Å²) in [6.07, 6.45) is 7.34. The molecule has 0 radical (unpaired) electrons. The number of ether oxygens (including phenoxy) is 1. The summed E-state index contributed by atoms with van der Waals surface area (Å²) >= 11 is 0. The normalized spacial score (nSPS) is 43.3. The van der Waals surface area contributed by atoms with Crippen molar-refractivity contribution in [3.63, 3.8) is 0 Å². The van der Waals surface area contributed by atoms with Crippen LogP contribution in [0.15, 0.2) is 12.2 Å². The topological polar surface area (TPSA) is 36.3 Å². The molecule has 1 heterocycles. The molecule has 2 heteroatoms. The van der Waals surface area contributed by atoms with E-state index < -0.39 is 0 Å². The second-order valence-electron chi connectivity index (χ2n) is 2.88. The summed E-state index contributed by atoms with van der Waals surface area (Å²) in [5.41, 5.74) is -0.146. The van der Waals surface area contributed by atoms with Crippen LogP contribution in [0.1, 0.15) is 19.3 Å². The molecule has 2 rings (SSSR count). The summed E-state index contributed by atoms with van der Waals surface area (Å²) in [6.45, 7) is 0. The second kappa shape index (κ2) is 1.83. The largest absolute Gasteiger partial charge is 0.345 e. The van der Waals surface area contributed by atoms with Gasteiger partial charge in [-0.15, -0.1) is 0 Å². The molecule has 2 atom stereocenters. The average molecular weight is 135 g/mol. The lowest BCUT2D eigenvalue weighted by atomic mass is 9.93. The van der Waals surface area contributed by atoms with Gasteiger partial charge in [0.1, 0.15) is 5.60 Å². The highest BCUT2D eigenvalue weighted by Gasteiger charge is 2.55. The fraction of sp³-hybridized carbons (Fsp3) is 0.625. The van der Waals surface area contributed by atoms with Crippen LogP contribution in [-0.2, 0) is 4.74 Å². The Balaban J connectivity index is 2.13. The lowest BCUT2D eigenvalue weighted by Gasteiger charge is -2.09. The van der Waals surface area contributed by atoms with Crippen LogP contribution in [0, 0.1) is 11.3 Å². The van der Waals surface area contributed by atoms with Gasteiger partial charge in [0.2, 0.25) is 0 Å². The molecule has 0 aromatic carbocycles. The minimum absolute atomic E-state index is 0.146. The number of hydrogen-bond acceptors (Lipinski definition) is 2. The summed E-state index contributed by atoms with van der Waals surface area (Å²) in [7, 11) is 0. The Hall–Kier alpha value is -0.810. The number of hydrogen-bond donors (Lipinski definition) is 0. The highest BCUT2D eigenvalue weighted by atomic mass is 16.6. The molecule has 1 aliphatic carbocycles. The third kappa shape index (κ3) is 0.676. The summed E-state index contributed by atoms with van der Waals surface area (Å²) in [5, 5.41) is 8.51. The lowest BCUT2D eigenvalue weighted by molar-refractivity contribution is 0.318. The Morgan fingerprint density at radius 2 is 2.60 bits per heavy atom. The van der Waals surface area contributed by atoms with Crippen molar-refractivity contribution in [3.8, 4) is 6.07 Å². The maximum atomic E-state index is 8.51. The van der Waals surface area contributed by atoms with Crippen LogP contribution >= 0.6 is 0 Å². The van der Waals surface area contributed by atoms with E-state index in [-0.39, 0.29) is 11.7 Å². The van der Waals surface area contributed by atoms with Crippen LogP contribution in [0.4, 0.5) is 0 Å². The van der Waals surface area contributed by atoms with E-state index in [4.69, 9.17) is 10.00 Å². The van der Waals surface area contributed by atoms with E-state index in [1.807, 2.05) is 6.08 Å². The zero-order valence-electron chi connectivity index (χ0n) is 5.71. The fourth-order valence-electron chi connectivity index (χ4n) is 1.50. The van der Waals surface area contributed by atoms with E-state index in [1.54, 1.807) is 0 Å². The van der Waals surface area contributed by atoms with Crippen molar-refractivity contribution in [1.29, 1.82) is 5.26 Å². The summed E-state index contributed by atoms with van der Waals surface area (Å²) in [5.74, 6) is 0. The van der Waals surface area contributed by atoms with Crippen LogP contribution in [-0.4, -0.2) is 11.7 Å². The van der Waals surface area contributed by atoms with Gasteiger partial charge in [-0.2, -0.15) is 5.26 Å². The van der Waals surface area contributed by atoms with Crippen molar-refractivity contribution in [3.05, 3.63) is 12.2 Å². The highest BCUT2D eigenvalue weighted by molar-refractivity contribution is 5.25. The summed E-state index contributed by atoms with van der Waals surface area (Å²) in [6, 6.07) is 2.13. The second-order valence-corrected chi connectivity index (χ2v) is 2.88. The molecule has 0 aromatic heterocycles. The number of epoxide rings is 1. The molecule has 0 saturated carbocycles. The maximum absolute atomic E-state index is 8.51. The molecule has 1 fully saturated rings. The Kier molecular flexibility index (Phi) is 1.09. The van der Waals surface area contributed by atoms with Crippen LogP contribution in [0.5, 0.6) is 0 Å². The van der Waals surface area contributed by atoms with Gasteiger partial charge in [0.15, 0.2) is 6.10 Å². The first-order valence-corrected chi connectivity index (χ1v) is 3.62. The summed E-state index contributed by atoms with van der Waals surface area (Å²) < 4.78 is 5.25. The Morgan fingerprint density at radius 3 is 3.10 bits per heavy atom. The molecule has 1 spiro atoms. The van der Waals surface area contributed by atoms with Crippen molar-refractivity contribution >= 4 is 0 Å². The number of nitrogens with zero attached hydrogens (tertiary/aromatic N) is 1. The monoisotopic (exact) mass is 135 g/mol. The van der Waals surface area contributed by atoms with Gasteiger partial charge in [-0.25, -0.2) is 0 Å². The van der Waals surface area contributed by atoms with Crippen LogP contribution in [0.3, 0.4) is 0 Å². The van der Waals surface area contributed by atoms with Crippen molar-refractivity contribution in [2.45, 2.75) is 31.0 Å². The van der Waals surface area contributed by atoms with Crippen molar-refractivity contribution in [2.75, 3.05) is 0 Å². The molecule has 2 unspecified atom stereocenters. The molecule has 10 heavy (non-hydrogen) atoms. The predicted molar refractivity (Wildman–Crippen MR) is 36.2 cm³/mol. The highest BCUT2D eigenvalue weighted by Crippen LogP contribution is 2.44. The molecule has 0 N–H and O–H groups in total. The van der Waals surface area contributed by atoms with E-state index >= 15 is 0 Å². The smallest absolute Gasteiger partial charge is 0.177 e. The minimum atomic E-state index is -0.149. The van der Waals surface area contributed by atoms with Crippen molar-refractivity contribution < 1.29 is 4.74 Å². The molecule has 1 saturated heterocycles. The molecule has 2 nitrogen and oxygen atoms in total. The van der Waals surface area contributed by atoms with Crippen LogP contribution in [0.25, 0.3) is 0 Å². The van der Waals surface area contributed by atoms with Gasteiger partial charge in [-0.1, -0.05) is 12.2 Å². The molecule has 0 aromatic rings. The molecule has 2 aliphatic rings. The van der Waals surface area contributed by atoms with Gasteiger partial charge < -0.3 is 4.74 Å². The quantitative estimate of drug-likeness (QED) is 0.371. The van der Waals surface area contributed by atoms with Crippen LogP contribution in [0.2, 0.25) is 0 Å². The zero-order chi connectivity index (χ0) is 7.03. The van der Waals surface area contributed by atoms with Gasteiger partial charge in [-0.3, -0.25) is 0 Å². The van der Waals surface area contributed by atoms with Crippen molar-refractivity contribution in [1.82, 2.24) is 0 Å². The van der Waals surface area contributed by atoms with E-state index in [2.05, 4.69) is 12.1 Å². The van der Waals surface area contributed by atoms with Crippen LogP contribution < -0.4 is 0 Å². The van der Waals surface area contributed by atoms with Gasteiger partial charge in [-0.05, 0) is 19.3 Å². The molecule has 0 amide bonds. The SMILES string of the molecule is N#CC1OC12C=CCCC2. The van der Waals surface area contributed by atoms with E-state index in [0.29, 0.717) is 0 Å². The van der Waals surface area contributed by atoms with Gasteiger partial charge in [0, 0.05) is 0 Å². The Labute approximate surface area is 60.1 Å². The number of rotatable bonds is 0. The molecule has 1 aliphatic heterocycles. The van der Waals surface area contributed by atoms with Gasteiger partial charge in [0.05, 0.1) is 6.07 Å². The Morgan fingerprint density at radius 1 is 1.70 bits per heavy atom. The van der Waals surface area contributed by atoms with E-state index in [0.717, 1.165) is 19.3 Å². The first-order valence-electron chi connectivity index (χ1n) is 3.62. The number of nitriles is 1. The molecular formula is C8H9NO. The van der Waals surface area contributed by atoms with Gasteiger partial charge >= 0.3 is 0 Å². The van der Waals surface area contributed by atoms with E-state index in [9.17, 15) is 0 Å². The first kappa shape index (κ1) is 5.94. The number of allylic oxidation sites excluding steroid dienone is 1. The minimum Gasteiger partial charge on any atom is -0.345 e. The maximum Gasteiger partial charge on any atom is 0.177 e.